The molecular formula is C26H38O4Si. The van der Waals surface area contributed by atoms with Gasteiger partial charge >= 0.3 is 0 Å². The van der Waals surface area contributed by atoms with Crippen molar-refractivity contribution in [1.82, 2.24) is 0 Å². The predicted molar refractivity (Wildman–Crippen MR) is 128 cm³/mol. The lowest BCUT2D eigenvalue weighted by atomic mass is 9.84. The van der Waals surface area contributed by atoms with Crippen LogP contribution in [0, 0.1) is 0 Å². The van der Waals surface area contributed by atoms with Gasteiger partial charge in [0, 0.05) is 18.2 Å². The van der Waals surface area contributed by atoms with Crippen molar-refractivity contribution in [2.75, 3.05) is 13.9 Å². The van der Waals surface area contributed by atoms with Gasteiger partial charge in [-0.25, -0.2) is 0 Å². The van der Waals surface area contributed by atoms with E-state index in [0.717, 1.165) is 35.3 Å². The fourth-order valence-electron chi connectivity index (χ4n) is 3.93. The molecule has 0 heterocycles. The molecular weight excluding hydrogens is 404 g/mol. The fraction of sp³-hybridized carbons (Fsp3) is 0.538. The molecule has 31 heavy (non-hydrogen) atoms. The monoisotopic (exact) mass is 442 g/mol. The molecule has 1 aliphatic carbocycles. The van der Waals surface area contributed by atoms with Crippen LogP contribution in [0.15, 0.2) is 36.4 Å². The second-order valence-corrected chi connectivity index (χ2v) is 14.8. The van der Waals surface area contributed by atoms with E-state index in [1.165, 1.54) is 24.0 Å². The molecule has 2 aromatic rings. The maximum atomic E-state index is 11.3. The highest BCUT2D eigenvalue weighted by molar-refractivity contribution is 6.74. The number of aliphatic hydroxyl groups is 1. The Morgan fingerprint density at radius 3 is 2.39 bits per heavy atom. The second-order valence-electron chi connectivity index (χ2n) is 10.0. The number of hydrogen-bond acceptors (Lipinski definition) is 4. The summed E-state index contributed by atoms with van der Waals surface area (Å²) in [6.07, 6.45) is 3.64. The Hall–Kier alpha value is -1.66. The standard InChI is InChI=1S/C26H38O4Si/c1-26(2,3)31(5,6)30-17-23-21-15-11-10-14-20(21)16-22(25(23)29-18-28-4)24(27)19-12-8-7-9-13-19/h7-9,12-13,16,24,27H,10-11,14-15,17-18H2,1-6H3. The van der Waals surface area contributed by atoms with Gasteiger partial charge in [-0.3, -0.25) is 0 Å². The van der Waals surface area contributed by atoms with E-state index in [2.05, 4.69) is 39.9 Å². The summed E-state index contributed by atoms with van der Waals surface area (Å²) < 4.78 is 18.0. The van der Waals surface area contributed by atoms with E-state index in [1.54, 1.807) is 7.11 Å². The number of ether oxygens (including phenoxy) is 2. The summed E-state index contributed by atoms with van der Waals surface area (Å²) in [6, 6.07) is 11.9. The third-order valence-electron chi connectivity index (χ3n) is 6.86. The zero-order valence-corrected chi connectivity index (χ0v) is 21.0. The van der Waals surface area contributed by atoms with Gasteiger partial charge in [-0.1, -0.05) is 51.1 Å². The minimum atomic E-state index is -1.94. The van der Waals surface area contributed by atoms with Crippen LogP contribution in [-0.4, -0.2) is 27.3 Å². The van der Waals surface area contributed by atoms with E-state index in [9.17, 15) is 5.11 Å². The number of rotatable bonds is 8. The molecule has 0 saturated carbocycles. The summed E-state index contributed by atoms with van der Waals surface area (Å²) >= 11 is 0. The van der Waals surface area contributed by atoms with E-state index in [1.807, 2.05) is 30.3 Å². The van der Waals surface area contributed by atoms with Crippen molar-refractivity contribution in [3.63, 3.8) is 0 Å². The average Bonchev–Trinajstić information content (AvgIpc) is 2.75. The Morgan fingerprint density at radius 2 is 1.74 bits per heavy atom. The predicted octanol–water partition coefficient (Wildman–Crippen LogP) is 6.15. The van der Waals surface area contributed by atoms with Crippen LogP contribution in [0.3, 0.4) is 0 Å². The topological polar surface area (TPSA) is 47.9 Å². The van der Waals surface area contributed by atoms with Gasteiger partial charge in [0.15, 0.2) is 15.1 Å². The lowest BCUT2D eigenvalue weighted by Crippen LogP contribution is -2.40. The van der Waals surface area contributed by atoms with Crippen molar-refractivity contribution in [1.29, 1.82) is 0 Å². The van der Waals surface area contributed by atoms with Crippen LogP contribution >= 0.6 is 0 Å². The van der Waals surface area contributed by atoms with Crippen molar-refractivity contribution >= 4 is 8.32 Å². The molecule has 1 atom stereocenters. The lowest BCUT2D eigenvalue weighted by Gasteiger charge is -2.37. The molecule has 0 saturated heterocycles. The van der Waals surface area contributed by atoms with Gasteiger partial charge < -0.3 is 19.0 Å². The molecule has 1 unspecified atom stereocenters. The first-order valence-electron chi connectivity index (χ1n) is 11.3. The van der Waals surface area contributed by atoms with Crippen LogP contribution in [0.4, 0.5) is 0 Å². The van der Waals surface area contributed by atoms with E-state index in [-0.39, 0.29) is 11.8 Å². The molecule has 2 aromatic carbocycles. The molecule has 0 bridgehead atoms. The number of hydrogen-bond donors (Lipinski definition) is 1. The van der Waals surface area contributed by atoms with Crippen molar-refractivity contribution in [2.24, 2.45) is 0 Å². The molecule has 1 N–H and O–H groups in total. The van der Waals surface area contributed by atoms with Crippen molar-refractivity contribution in [3.05, 3.63) is 64.2 Å². The highest BCUT2D eigenvalue weighted by atomic mass is 28.4. The minimum Gasteiger partial charge on any atom is -0.467 e. The zero-order valence-electron chi connectivity index (χ0n) is 20.0. The summed E-state index contributed by atoms with van der Waals surface area (Å²) in [6.45, 7) is 12.0. The summed E-state index contributed by atoms with van der Waals surface area (Å²) in [5.74, 6) is 0.720. The van der Waals surface area contributed by atoms with Gasteiger partial charge in [0.2, 0.25) is 0 Å². The molecule has 0 amide bonds. The van der Waals surface area contributed by atoms with E-state index >= 15 is 0 Å². The Bertz CT molecular complexity index is 871. The lowest BCUT2D eigenvalue weighted by molar-refractivity contribution is 0.0470. The Balaban J connectivity index is 2.10. The van der Waals surface area contributed by atoms with Gasteiger partial charge in [-0.05, 0) is 66.6 Å². The molecule has 170 valence electrons. The molecule has 1 aliphatic rings. The largest absolute Gasteiger partial charge is 0.467 e. The number of fused-ring (bicyclic) bond motifs is 1. The first kappa shape index (κ1) is 24.0. The number of aryl methyl sites for hydroxylation is 1. The molecule has 0 radical (unpaired) electrons. The van der Waals surface area contributed by atoms with Crippen LogP contribution in [0.5, 0.6) is 5.75 Å². The summed E-state index contributed by atoms with van der Waals surface area (Å²) in [4.78, 5) is 0. The maximum Gasteiger partial charge on any atom is 0.192 e. The van der Waals surface area contributed by atoms with Crippen LogP contribution in [0.1, 0.15) is 67.5 Å². The zero-order chi connectivity index (χ0) is 22.6. The molecule has 0 aliphatic heterocycles. The average molecular weight is 443 g/mol. The molecule has 0 aromatic heterocycles. The van der Waals surface area contributed by atoms with Gasteiger partial charge in [-0.15, -0.1) is 0 Å². The highest BCUT2D eigenvalue weighted by Gasteiger charge is 2.38. The minimum absolute atomic E-state index is 0.127. The SMILES string of the molecule is COCOc1c(C(O)c2ccccc2)cc2c(c1CO[Si](C)(C)C(C)(C)C)CCCC2. The number of methoxy groups -OCH3 is 1. The Kier molecular flexibility index (Phi) is 7.63. The number of benzene rings is 2. The maximum absolute atomic E-state index is 11.3. The van der Waals surface area contributed by atoms with Crippen molar-refractivity contribution in [2.45, 2.75) is 77.3 Å². The Morgan fingerprint density at radius 1 is 1.06 bits per heavy atom. The summed E-state index contributed by atoms with van der Waals surface area (Å²) in [5, 5.41) is 11.4. The molecule has 3 rings (SSSR count). The highest BCUT2D eigenvalue weighted by Crippen LogP contribution is 2.42. The third-order valence-corrected chi connectivity index (χ3v) is 11.3. The van der Waals surface area contributed by atoms with E-state index < -0.39 is 14.4 Å². The normalized spacial score (nSPS) is 15.5. The first-order valence-corrected chi connectivity index (χ1v) is 14.2. The first-order chi connectivity index (χ1) is 14.7. The van der Waals surface area contributed by atoms with E-state index in [4.69, 9.17) is 13.9 Å². The molecule has 4 nitrogen and oxygen atoms in total. The molecule has 0 spiro atoms. The molecule has 0 fully saturated rings. The summed E-state index contributed by atoms with van der Waals surface area (Å²) in [7, 11) is -0.322. The third kappa shape index (κ3) is 5.40. The van der Waals surface area contributed by atoms with Gasteiger partial charge in [-0.2, -0.15) is 0 Å². The fourth-order valence-corrected chi connectivity index (χ4v) is 4.86. The molecule has 5 heteroatoms. The smallest absolute Gasteiger partial charge is 0.192 e. The van der Waals surface area contributed by atoms with Crippen LogP contribution in [-0.2, 0) is 28.6 Å². The van der Waals surface area contributed by atoms with Crippen molar-refractivity contribution in [3.8, 4) is 5.75 Å². The van der Waals surface area contributed by atoms with Gasteiger partial charge in [0.1, 0.15) is 11.9 Å². The van der Waals surface area contributed by atoms with E-state index in [0.29, 0.717) is 6.61 Å². The van der Waals surface area contributed by atoms with Crippen LogP contribution in [0.2, 0.25) is 18.1 Å². The van der Waals surface area contributed by atoms with Gasteiger partial charge in [0.05, 0.1) is 6.61 Å². The Labute approximate surface area is 188 Å². The van der Waals surface area contributed by atoms with Crippen molar-refractivity contribution < 1.29 is 19.0 Å². The second kappa shape index (κ2) is 9.86. The van der Waals surface area contributed by atoms with Crippen LogP contribution in [0.25, 0.3) is 0 Å². The summed E-state index contributed by atoms with van der Waals surface area (Å²) in [5.41, 5.74) is 5.40. The van der Waals surface area contributed by atoms with Gasteiger partial charge in [0.25, 0.3) is 0 Å². The van der Waals surface area contributed by atoms with Crippen LogP contribution < -0.4 is 4.74 Å². The number of aliphatic hydroxyl groups excluding tert-OH is 1. The quantitative estimate of drug-likeness (QED) is 0.393.